The molecule has 4 rings (SSSR count). The van der Waals surface area contributed by atoms with Crippen LogP contribution in [0, 0.1) is 6.92 Å². The fourth-order valence-corrected chi connectivity index (χ4v) is 3.80. The third kappa shape index (κ3) is 5.55. The lowest BCUT2D eigenvalue weighted by atomic mass is 10.1. The van der Waals surface area contributed by atoms with Crippen LogP contribution in [0.5, 0.6) is 0 Å². The molecule has 0 aliphatic rings. The highest BCUT2D eigenvalue weighted by molar-refractivity contribution is 14.0. The minimum absolute atomic E-state index is 0. The summed E-state index contributed by atoms with van der Waals surface area (Å²) >= 11 is 0. The molecule has 3 aromatic heterocycles. The van der Waals surface area contributed by atoms with Crippen molar-refractivity contribution in [3.63, 3.8) is 0 Å². The van der Waals surface area contributed by atoms with Crippen LogP contribution in [0.3, 0.4) is 0 Å². The molecule has 0 saturated carbocycles. The molecule has 3 N–H and O–H groups in total. The molecule has 0 aliphatic heterocycles. The number of nitrogens with zero attached hydrogens (tertiary/aromatic N) is 4. The summed E-state index contributed by atoms with van der Waals surface area (Å²) in [7, 11) is 0. The van der Waals surface area contributed by atoms with Crippen molar-refractivity contribution in [3.05, 3.63) is 65.7 Å². The zero-order valence-corrected chi connectivity index (χ0v) is 20.4. The largest absolute Gasteiger partial charge is 0.361 e. The number of pyridine rings is 1. The Morgan fingerprint density at radius 2 is 2.00 bits per heavy atom. The second kappa shape index (κ2) is 11.1. The molecule has 0 atom stereocenters. The average Bonchev–Trinajstić information content (AvgIpc) is 3.36. The van der Waals surface area contributed by atoms with Crippen LogP contribution in [0.15, 0.2) is 53.8 Å². The van der Waals surface area contributed by atoms with Crippen molar-refractivity contribution in [2.45, 2.75) is 33.1 Å². The van der Waals surface area contributed by atoms with Gasteiger partial charge in [-0.25, -0.2) is 0 Å². The fraction of sp³-hybridized carbons (Fsp3) is 0.348. The van der Waals surface area contributed by atoms with Crippen LogP contribution in [0.1, 0.15) is 30.3 Å². The Balaban J connectivity index is 0.00000272. The van der Waals surface area contributed by atoms with E-state index in [0.717, 1.165) is 56.3 Å². The van der Waals surface area contributed by atoms with Crippen molar-refractivity contribution in [1.29, 1.82) is 0 Å². The molecule has 4 aromatic rings. The number of benzene rings is 1. The summed E-state index contributed by atoms with van der Waals surface area (Å²) in [5.74, 6) is 1.84. The lowest BCUT2D eigenvalue weighted by Gasteiger charge is -2.11. The number of aromatic nitrogens is 4. The van der Waals surface area contributed by atoms with E-state index >= 15 is 0 Å². The molecule has 3 heterocycles. The summed E-state index contributed by atoms with van der Waals surface area (Å²) in [5, 5.41) is 16.6. The third-order valence-electron chi connectivity index (χ3n) is 5.24. The molecule has 0 aliphatic carbocycles. The van der Waals surface area contributed by atoms with E-state index in [1.54, 1.807) is 0 Å². The first-order chi connectivity index (χ1) is 14.8. The number of H-pyrrole nitrogens is 1. The van der Waals surface area contributed by atoms with Gasteiger partial charge in [0.25, 0.3) is 0 Å². The fourth-order valence-electron chi connectivity index (χ4n) is 3.80. The van der Waals surface area contributed by atoms with E-state index in [-0.39, 0.29) is 24.0 Å². The molecule has 1 aromatic carbocycles. The molecule has 0 fully saturated rings. The highest BCUT2D eigenvalue weighted by Crippen LogP contribution is 2.22. The number of hydrogen-bond donors (Lipinski definition) is 3. The van der Waals surface area contributed by atoms with Gasteiger partial charge in [0.15, 0.2) is 11.6 Å². The Bertz CT molecular complexity index is 1150. The highest BCUT2D eigenvalue weighted by atomic mass is 127. The molecular formula is C23H30IN7. The highest BCUT2D eigenvalue weighted by Gasteiger charge is 2.07. The molecule has 0 spiro atoms. The van der Waals surface area contributed by atoms with Crippen LogP contribution in [0.4, 0.5) is 0 Å². The minimum Gasteiger partial charge on any atom is -0.361 e. The van der Waals surface area contributed by atoms with Gasteiger partial charge in [-0.3, -0.25) is 9.39 Å². The van der Waals surface area contributed by atoms with Gasteiger partial charge in [-0.15, -0.1) is 34.2 Å². The maximum Gasteiger partial charge on any atom is 0.191 e. The normalized spacial score (nSPS) is 11.6. The number of aryl methyl sites for hydroxylation is 2. The third-order valence-corrected chi connectivity index (χ3v) is 5.24. The first-order valence-electron chi connectivity index (χ1n) is 10.6. The van der Waals surface area contributed by atoms with Crippen LogP contribution >= 0.6 is 24.0 Å². The lowest BCUT2D eigenvalue weighted by molar-refractivity contribution is 0.750. The molecule has 0 bridgehead atoms. The van der Waals surface area contributed by atoms with E-state index in [9.17, 15) is 0 Å². The number of halogens is 1. The van der Waals surface area contributed by atoms with Gasteiger partial charge in [0.05, 0.1) is 0 Å². The van der Waals surface area contributed by atoms with Crippen molar-refractivity contribution in [2.24, 2.45) is 4.99 Å². The summed E-state index contributed by atoms with van der Waals surface area (Å²) in [6.45, 7) is 6.66. The van der Waals surface area contributed by atoms with Crippen LogP contribution in [-0.2, 0) is 12.8 Å². The number of nitrogens with one attached hydrogen (secondary N) is 3. The van der Waals surface area contributed by atoms with Gasteiger partial charge in [0, 0.05) is 49.4 Å². The zero-order valence-electron chi connectivity index (χ0n) is 18.1. The monoisotopic (exact) mass is 531 g/mol. The molecule has 164 valence electrons. The van der Waals surface area contributed by atoms with Crippen molar-refractivity contribution < 1.29 is 0 Å². The molecule has 0 amide bonds. The predicted molar refractivity (Wildman–Crippen MR) is 137 cm³/mol. The summed E-state index contributed by atoms with van der Waals surface area (Å²) in [6.07, 6.45) is 6.84. The Morgan fingerprint density at radius 3 is 2.87 bits per heavy atom. The van der Waals surface area contributed by atoms with Crippen molar-refractivity contribution in [2.75, 3.05) is 19.6 Å². The quantitative estimate of drug-likeness (QED) is 0.140. The number of guanidine groups is 1. The number of aliphatic imine (C=N–C) groups is 1. The number of hydrogen-bond acceptors (Lipinski definition) is 3. The first kappa shape index (κ1) is 23.1. The van der Waals surface area contributed by atoms with Gasteiger partial charge in [-0.05, 0) is 56.0 Å². The van der Waals surface area contributed by atoms with Gasteiger partial charge in [-0.2, -0.15) is 0 Å². The molecule has 8 heteroatoms. The second-order valence-corrected chi connectivity index (χ2v) is 7.40. The number of rotatable bonds is 8. The van der Waals surface area contributed by atoms with Gasteiger partial charge in [-0.1, -0.05) is 18.2 Å². The molecule has 31 heavy (non-hydrogen) atoms. The van der Waals surface area contributed by atoms with Crippen molar-refractivity contribution in [3.8, 4) is 0 Å². The van der Waals surface area contributed by atoms with Crippen LogP contribution in [0.2, 0.25) is 0 Å². The van der Waals surface area contributed by atoms with Crippen LogP contribution < -0.4 is 10.6 Å². The van der Waals surface area contributed by atoms with E-state index in [4.69, 9.17) is 4.99 Å². The van der Waals surface area contributed by atoms with Gasteiger partial charge in [0.2, 0.25) is 0 Å². The zero-order chi connectivity index (χ0) is 20.8. The van der Waals surface area contributed by atoms with E-state index < -0.39 is 0 Å². The van der Waals surface area contributed by atoms with Gasteiger partial charge in [0.1, 0.15) is 5.82 Å². The molecule has 0 unspecified atom stereocenters. The first-order valence-corrected chi connectivity index (χ1v) is 10.6. The molecule has 7 nitrogen and oxygen atoms in total. The van der Waals surface area contributed by atoms with Gasteiger partial charge >= 0.3 is 0 Å². The summed E-state index contributed by atoms with van der Waals surface area (Å²) < 4.78 is 2.04. The minimum atomic E-state index is 0. The molecular weight excluding hydrogens is 501 g/mol. The Labute approximate surface area is 199 Å². The second-order valence-electron chi connectivity index (χ2n) is 7.40. The van der Waals surface area contributed by atoms with E-state index in [1.807, 2.05) is 28.8 Å². The van der Waals surface area contributed by atoms with Crippen molar-refractivity contribution >= 4 is 46.5 Å². The SMILES string of the molecule is CCNC(=NCCCc1nnc2ccccn12)NCCc1c[nH]c2cccc(C)c12.I. The van der Waals surface area contributed by atoms with E-state index in [2.05, 4.69) is 64.1 Å². The van der Waals surface area contributed by atoms with Crippen molar-refractivity contribution in [1.82, 2.24) is 30.2 Å². The Hall–Kier alpha value is -2.62. The topological polar surface area (TPSA) is 82.4 Å². The maximum atomic E-state index is 4.72. The summed E-state index contributed by atoms with van der Waals surface area (Å²) in [4.78, 5) is 8.09. The average molecular weight is 531 g/mol. The van der Waals surface area contributed by atoms with E-state index in [1.165, 1.54) is 22.0 Å². The molecule has 0 radical (unpaired) electrons. The lowest BCUT2D eigenvalue weighted by Crippen LogP contribution is -2.38. The van der Waals surface area contributed by atoms with Crippen LogP contribution in [0.25, 0.3) is 16.6 Å². The predicted octanol–water partition coefficient (Wildman–Crippen LogP) is 3.87. The standard InChI is InChI=1S/C23H29N7.HI/c1-3-24-23(25-13-7-11-21-29-28-20-10-4-5-15-30(20)21)26-14-12-18-16-27-19-9-6-8-17(2)22(18)19;/h4-6,8-10,15-16,27H,3,7,11-14H2,1-2H3,(H2,24,25,26);1H. The summed E-state index contributed by atoms with van der Waals surface area (Å²) in [5.41, 5.74) is 4.74. The Kier molecular flexibility index (Phi) is 8.27. The van der Waals surface area contributed by atoms with Gasteiger partial charge < -0.3 is 15.6 Å². The molecule has 0 saturated heterocycles. The number of aromatic amines is 1. The number of fused-ring (bicyclic) bond motifs is 2. The van der Waals surface area contributed by atoms with E-state index in [0.29, 0.717) is 0 Å². The smallest absolute Gasteiger partial charge is 0.191 e. The maximum absolute atomic E-state index is 4.72. The van der Waals surface area contributed by atoms with Crippen LogP contribution in [-0.4, -0.2) is 45.2 Å². The Morgan fingerprint density at radius 1 is 1.10 bits per heavy atom. The summed E-state index contributed by atoms with van der Waals surface area (Å²) in [6, 6.07) is 12.3.